The van der Waals surface area contributed by atoms with Crippen molar-refractivity contribution in [2.24, 2.45) is 0 Å². The number of Topliss-reactive ketones (excluding diaryl/α,β-unsaturated/α-hetero) is 1. The number of aryl methyl sites for hydroxylation is 1. The van der Waals surface area contributed by atoms with Crippen LogP contribution in [-0.4, -0.2) is 11.7 Å². The van der Waals surface area contributed by atoms with Crippen molar-refractivity contribution in [1.82, 2.24) is 0 Å². The number of amides is 1. The van der Waals surface area contributed by atoms with E-state index >= 15 is 0 Å². The van der Waals surface area contributed by atoms with Crippen LogP contribution in [0.4, 0.5) is 5.69 Å². The first-order valence-corrected chi connectivity index (χ1v) is 6.45. The monoisotopic (exact) mass is 321 g/mol. The molecule has 0 spiro atoms. The van der Waals surface area contributed by atoms with Crippen LogP contribution in [0, 0.1) is 6.92 Å². The van der Waals surface area contributed by atoms with Crippen LogP contribution in [0.5, 0.6) is 0 Å². The van der Waals surface area contributed by atoms with Gasteiger partial charge in [0.1, 0.15) is 0 Å². The minimum Gasteiger partial charge on any atom is -0.444 e. The van der Waals surface area contributed by atoms with Crippen LogP contribution in [0.2, 0.25) is 0 Å². The van der Waals surface area contributed by atoms with Gasteiger partial charge >= 0.3 is 0 Å². The van der Waals surface area contributed by atoms with Crippen LogP contribution in [-0.2, 0) is 0 Å². The van der Waals surface area contributed by atoms with Gasteiger partial charge in [0.25, 0.3) is 5.91 Å². The highest BCUT2D eigenvalue weighted by atomic mass is 79.9. The first-order chi connectivity index (χ1) is 8.97. The summed E-state index contributed by atoms with van der Waals surface area (Å²) in [5, 5.41) is 2.73. The number of halogens is 1. The number of ketones is 1. The van der Waals surface area contributed by atoms with Crippen LogP contribution < -0.4 is 5.32 Å². The number of anilines is 1. The van der Waals surface area contributed by atoms with E-state index < -0.39 is 0 Å². The summed E-state index contributed by atoms with van der Waals surface area (Å²) in [4.78, 5) is 23.3. The van der Waals surface area contributed by atoms with E-state index in [-0.39, 0.29) is 17.5 Å². The Hall–Kier alpha value is -1.88. The summed E-state index contributed by atoms with van der Waals surface area (Å²) in [5.74, 6) is -0.190. The standard InChI is InChI=1S/C14H12BrNO3/c1-8-3-4-10(9(2)17)7-11(8)16-14(18)12-5-6-13(15)19-12/h3-7H,1-2H3,(H,16,18). The van der Waals surface area contributed by atoms with E-state index in [2.05, 4.69) is 21.2 Å². The zero-order valence-electron chi connectivity index (χ0n) is 10.5. The molecule has 0 unspecified atom stereocenters. The molecule has 4 nitrogen and oxygen atoms in total. The Bertz CT molecular complexity index is 646. The van der Waals surface area contributed by atoms with Gasteiger partial charge in [-0.15, -0.1) is 0 Å². The van der Waals surface area contributed by atoms with Gasteiger partial charge in [-0.1, -0.05) is 12.1 Å². The molecule has 0 radical (unpaired) electrons. The van der Waals surface area contributed by atoms with E-state index in [9.17, 15) is 9.59 Å². The van der Waals surface area contributed by atoms with Gasteiger partial charge in [0.05, 0.1) is 0 Å². The lowest BCUT2D eigenvalue weighted by molar-refractivity contribution is 0.0991. The van der Waals surface area contributed by atoms with Crippen LogP contribution >= 0.6 is 15.9 Å². The third kappa shape index (κ3) is 3.12. The highest BCUT2D eigenvalue weighted by Gasteiger charge is 2.12. The number of hydrogen-bond donors (Lipinski definition) is 1. The average molecular weight is 322 g/mol. The Kier molecular flexibility index (Phi) is 3.85. The zero-order chi connectivity index (χ0) is 14.0. The Morgan fingerprint density at radius 3 is 2.53 bits per heavy atom. The minimum atomic E-state index is -0.352. The van der Waals surface area contributed by atoms with Crippen molar-refractivity contribution in [1.29, 1.82) is 0 Å². The molecular formula is C14H12BrNO3. The van der Waals surface area contributed by atoms with Crippen molar-refractivity contribution in [2.45, 2.75) is 13.8 Å². The van der Waals surface area contributed by atoms with Crippen LogP contribution in [0.1, 0.15) is 33.4 Å². The maximum Gasteiger partial charge on any atom is 0.291 e. The molecule has 0 aliphatic carbocycles. The van der Waals surface area contributed by atoms with E-state index in [1.807, 2.05) is 6.92 Å². The van der Waals surface area contributed by atoms with Gasteiger partial charge in [0, 0.05) is 11.3 Å². The van der Waals surface area contributed by atoms with Gasteiger partial charge in [-0.3, -0.25) is 9.59 Å². The molecule has 2 rings (SSSR count). The summed E-state index contributed by atoms with van der Waals surface area (Å²) in [5.41, 5.74) is 2.04. The molecule has 1 aromatic carbocycles. The van der Waals surface area contributed by atoms with E-state index in [4.69, 9.17) is 4.42 Å². The van der Waals surface area contributed by atoms with Crippen molar-refractivity contribution >= 4 is 33.3 Å². The highest BCUT2D eigenvalue weighted by Crippen LogP contribution is 2.20. The second kappa shape index (κ2) is 5.40. The maximum atomic E-state index is 12.0. The fraction of sp³-hybridized carbons (Fsp3) is 0.143. The summed E-state index contributed by atoms with van der Waals surface area (Å²) in [6.07, 6.45) is 0. The van der Waals surface area contributed by atoms with Gasteiger partial charge in [-0.05, 0) is 53.5 Å². The number of benzene rings is 1. The third-order valence-corrected chi connectivity index (χ3v) is 3.12. The summed E-state index contributed by atoms with van der Waals surface area (Å²) < 4.78 is 5.67. The largest absolute Gasteiger partial charge is 0.444 e. The van der Waals surface area contributed by atoms with E-state index in [0.717, 1.165) is 5.56 Å². The quantitative estimate of drug-likeness (QED) is 0.874. The Morgan fingerprint density at radius 2 is 1.95 bits per heavy atom. The van der Waals surface area contributed by atoms with Crippen LogP contribution in [0.3, 0.4) is 0 Å². The van der Waals surface area contributed by atoms with E-state index in [1.54, 1.807) is 30.3 Å². The molecule has 1 N–H and O–H groups in total. The Balaban J connectivity index is 2.25. The summed E-state index contributed by atoms with van der Waals surface area (Å²) in [7, 11) is 0. The molecule has 0 saturated carbocycles. The lowest BCUT2D eigenvalue weighted by Crippen LogP contribution is -2.12. The second-order valence-corrected chi connectivity index (χ2v) is 4.93. The fourth-order valence-electron chi connectivity index (χ4n) is 1.60. The molecule has 0 bridgehead atoms. The van der Waals surface area contributed by atoms with E-state index in [0.29, 0.717) is 15.9 Å². The van der Waals surface area contributed by atoms with E-state index in [1.165, 1.54) is 6.92 Å². The minimum absolute atomic E-state index is 0.0451. The molecule has 1 heterocycles. The predicted octanol–water partition coefficient (Wildman–Crippen LogP) is 3.81. The predicted molar refractivity (Wildman–Crippen MR) is 75.5 cm³/mol. The molecule has 0 saturated heterocycles. The van der Waals surface area contributed by atoms with Gasteiger partial charge in [0.2, 0.25) is 0 Å². The molecule has 2 aromatic rings. The smallest absolute Gasteiger partial charge is 0.291 e. The zero-order valence-corrected chi connectivity index (χ0v) is 12.1. The molecule has 0 aliphatic heterocycles. The van der Waals surface area contributed by atoms with Crippen molar-refractivity contribution in [2.75, 3.05) is 5.32 Å². The number of carbonyl (C=O) groups excluding carboxylic acids is 2. The van der Waals surface area contributed by atoms with Crippen molar-refractivity contribution < 1.29 is 14.0 Å². The summed E-state index contributed by atoms with van der Waals surface area (Å²) >= 11 is 3.14. The number of furan rings is 1. The van der Waals surface area contributed by atoms with Crippen molar-refractivity contribution in [3.05, 3.63) is 51.9 Å². The van der Waals surface area contributed by atoms with Gasteiger partial charge in [0.15, 0.2) is 16.2 Å². The Morgan fingerprint density at radius 1 is 1.21 bits per heavy atom. The lowest BCUT2D eigenvalue weighted by atomic mass is 10.1. The van der Waals surface area contributed by atoms with Crippen molar-refractivity contribution in [3.63, 3.8) is 0 Å². The molecule has 1 amide bonds. The molecule has 5 heteroatoms. The molecule has 0 fully saturated rings. The van der Waals surface area contributed by atoms with Gasteiger partial charge < -0.3 is 9.73 Å². The third-order valence-electron chi connectivity index (χ3n) is 2.69. The Labute approximate surface area is 118 Å². The SMILES string of the molecule is CC(=O)c1ccc(C)c(NC(=O)c2ccc(Br)o2)c1. The molecule has 19 heavy (non-hydrogen) atoms. The topological polar surface area (TPSA) is 59.3 Å². The molecule has 1 aromatic heterocycles. The fourth-order valence-corrected chi connectivity index (χ4v) is 1.90. The van der Waals surface area contributed by atoms with Gasteiger partial charge in [-0.2, -0.15) is 0 Å². The lowest BCUT2D eigenvalue weighted by Gasteiger charge is -2.08. The first kappa shape index (κ1) is 13.5. The number of rotatable bonds is 3. The van der Waals surface area contributed by atoms with Gasteiger partial charge in [-0.25, -0.2) is 0 Å². The normalized spacial score (nSPS) is 10.3. The van der Waals surface area contributed by atoms with Crippen LogP contribution in [0.25, 0.3) is 0 Å². The number of carbonyl (C=O) groups is 2. The molecule has 0 aliphatic rings. The maximum absolute atomic E-state index is 12.0. The molecule has 98 valence electrons. The summed E-state index contributed by atoms with van der Waals surface area (Å²) in [6, 6.07) is 8.41. The molecule has 0 atom stereocenters. The first-order valence-electron chi connectivity index (χ1n) is 5.65. The van der Waals surface area contributed by atoms with Crippen molar-refractivity contribution in [3.8, 4) is 0 Å². The second-order valence-electron chi connectivity index (χ2n) is 4.14. The average Bonchev–Trinajstić information content (AvgIpc) is 2.78. The van der Waals surface area contributed by atoms with Crippen LogP contribution in [0.15, 0.2) is 39.4 Å². The number of hydrogen-bond acceptors (Lipinski definition) is 3. The highest BCUT2D eigenvalue weighted by molar-refractivity contribution is 9.10. The summed E-state index contributed by atoms with van der Waals surface area (Å²) in [6.45, 7) is 3.34. The molecular weight excluding hydrogens is 310 g/mol. The number of nitrogens with one attached hydrogen (secondary N) is 1.